The third-order valence-corrected chi connectivity index (χ3v) is 4.05. The molecule has 1 fully saturated rings. The standard InChI is InChI=1S/C16H28N4O/c1-3-21-12-16-19-14(17-2)11-15(20-16)18-10-9-13-7-5-4-6-8-13/h11,13H,3-10,12H2,1-2H3,(H2,17,18,19,20). The SMILES string of the molecule is CCOCc1nc(NC)cc(NCCC2CCCCC2)n1. The summed E-state index contributed by atoms with van der Waals surface area (Å²) in [4.78, 5) is 8.91. The Labute approximate surface area is 127 Å². The van der Waals surface area contributed by atoms with Gasteiger partial charge in [0.05, 0.1) is 0 Å². The van der Waals surface area contributed by atoms with Crippen LogP contribution in [0, 0.1) is 5.92 Å². The molecular formula is C16H28N4O. The van der Waals surface area contributed by atoms with Crippen molar-refractivity contribution in [3.63, 3.8) is 0 Å². The van der Waals surface area contributed by atoms with E-state index in [2.05, 4.69) is 20.6 Å². The van der Waals surface area contributed by atoms with Crippen LogP contribution in [0.3, 0.4) is 0 Å². The Balaban J connectivity index is 1.85. The van der Waals surface area contributed by atoms with E-state index in [0.717, 1.165) is 29.9 Å². The van der Waals surface area contributed by atoms with Crippen molar-refractivity contribution in [1.29, 1.82) is 0 Å². The maximum Gasteiger partial charge on any atom is 0.158 e. The first-order valence-corrected chi connectivity index (χ1v) is 8.19. The highest BCUT2D eigenvalue weighted by Crippen LogP contribution is 2.26. The molecule has 2 rings (SSSR count). The van der Waals surface area contributed by atoms with Gasteiger partial charge in [-0.05, 0) is 19.3 Å². The van der Waals surface area contributed by atoms with Gasteiger partial charge in [-0.25, -0.2) is 9.97 Å². The molecule has 0 radical (unpaired) electrons. The smallest absolute Gasteiger partial charge is 0.158 e. The fourth-order valence-corrected chi connectivity index (χ4v) is 2.85. The third-order valence-electron chi connectivity index (χ3n) is 4.05. The Bertz CT molecular complexity index is 419. The lowest BCUT2D eigenvalue weighted by Gasteiger charge is -2.21. The number of ether oxygens (including phenoxy) is 1. The van der Waals surface area contributed by atoms with E-state index in [9.17, 15) is 0 Å². The minimum absolute atomic E-state index is 0.462. The first kappa shape index (κ1) is 16.0. The first-order chi connectivity index (χ1) is 10.3. The molecule has 0 bridgehead atoms. The van der Waals surface area contributed by atoms with Crippen molar-refractivity contribution in [1.82, 2.24) is 9.97 Å². The molecule has 0 aromatic carbocycles. The van der Waals surface area contributed by atoms with Gasteiger partial charge in [0.25, 0.3) is 0 Å². The number of anilines is 2. The quantitative estimate of drug-likeness (QED) is 0.768. The van der Waals surface area contributed by atoms with E-state index in [0.29, 0.717) is 13.2 Å². The highest BCUT2D eigenvalue weighted by molar-refractivity contribution is 5.47. The maximum atomic E-state index is 5.39. The van der Waals surface area contributed by atoms with E-state index < -0.39 is 0 Å². The van der Waals surface area contributed by atoms with Gasteiger partial charge in [0.2, 0.25) is 0 Å². The second kappa shape index (κ2) is 8.82. The highest BCUT2D eigenvalue weighted by Gasteiger charge is 2.13. The third kappa shape index (κ3) is 5.50. The first-order valence-electron chi connectivity index (χ1n) is 8.19. The van der Waals surface area contributed by atoms with Gasteiger partial charge in [0.15, 0.2) is 5.82 Å². The number of nitrogens with zero attached hydrogens (tertiary/aromatic N) is 2. The van der Waals surface area contributed by atoms with Crippen molar-refractivity contribution in [2.45, 2.75) is 52.1 Å². The minimum Gasteiger partial charge on any atom is -0.374 e. The average Bonchev–Trinajstić information content (AvgIpc) is 2.53. The van der Waals surface area contributed by atoms with Crippen LogP contribution >= 0.6 is 0 Å². The van der Waals surface area contributed by atoms with E-state index in [1.807, 2.05) is 20.0 Å². The molecule has 1 saturated carbocycles. The van der Waals surface area contributed by atoms with E-state index in [-0.39, 0.29) is 0 Å². The Kier molecular flexibility index (Phi) is 6.73. The maximum absolute atomic E-state index is 5.39. The molecule has 1 heterocycles. The predicted octanol–water partition coefficient (Wildman–Crippen LogP) is 3.44. The predicted molar refractivity (Wildman–Crippen MR) is 86.6 cm³/mol. The van der Waals surface area contributed by atoms with Crippen LogP contribution in [0.5, 0.6) is 0 Å². The van der Waals surface area contributed by atoms with Gasteiger partial charge in [-0.3, -0.25) is 0 Å². The summed E-state index contributed by atoms with van der Waals surface area (Å²) in [6.07, 6.45) is 8.24. The molecular weight excluding hydrogens is 264 g/mol. The fourth-order valence-electron chi connectivity index (χ4n) is 2.85. The van der Waals surface area contributed by atoms with Gasteiger partial charge in [-0.2, -0.15) is 0 Å². The van der Waals surface area contributed by atoms with Crippen LogP contribution in [0.1, 0.15) is 51.3 Å². The normalized spacial score (nSPS) is 15.9. The molecule has 1 aromatic heterocycles. The van der Waals surface area contributed by atoms with Gasteiger partial charge >= 0.3 is 0 Å². The Hall–Kier alpha value is -1.36. The zero-order chi connectivity index (χ0) is 14.9. The van der Waals surface area contributed by atoms with Gasteiger partial charge in [-0.1, -0.05) is 32.1 Å². The van der Waals surface area contributed by atoms with Crippen LogP contribution in [-0.2, 0) is 11.3 Å². The molecule has 0 atom stereocenters. The molecule has 0 spiro atoms. The molecule has 1 aromatic rings. The van der Waals surface area contributed by atoms with Crippen LogP contribution in [0.25, 0.3) is 0 Å². The van der Waals surface area contributed by atoms with Gasteiger partial charge < -0.3 is 15.4 Å². The largest absolute Gasteiger partial charge is 0.374 e. The molecule has 21 heavy (non-hydrogen) atoms. The van der Waals surface area contributed by atoms with Crippen molar-refractivity contribution < 1.29 is 4.74 Å². The summed E-state index contributed by atoms with van der Waals surface area (Å²) in [6, 6.07) is 1.95. The number of aromatic nitrogens is 2. The van der Waals surface area contributed by atoms with Crippen LogP contribution in [0.2, 0.25) is 0 Å². The van der Waals surface area contributed by atoms with Crippen molar-refractivity contribution in [2.75, 3.05) is 30.8 Å². The number of hydrogen-bond acceptors (Lipinski definition) is 5. The molecule has 0 saturated heterocycles. The molecule has 2 N–H and O–H groups in total. The van der Waals surface area contributed by atoms with Crippen LogP contribution in [0.4, 0.5) is 11.6 Å². The van der Waals surface area contributed by atoms with E-state index >= 15 is 0 Å². The second-order valence-electron chi connectivity index (χ2n) is 5.66. The van der Waals surface area contributed by atoms with Crippen LogP contribution < -0.4 is 10.6 Å². The van der Waals surface area contributed by atoms with Crippen molar-refractivity contribution in [2.24, 2.45) is 5.92 Å². The molecule has 1 aliphatic carbocycles. The molecule has 5 heteroatoms. The minimum atomic E-state index is 0.462. The van der Waals surface area contributed by atoms with Crippen molar-refractivity contribution in [3.05, 3.63) is 11.9 Å². The molecule has 0 amide bonds. The Morgan fingerprint density at radius 1 is 1.19 bits per heavy atom. The van der Waals surface area contributed by atoms with E-state index in [4.69, 9.17) is 4.74 Å². The summed E-state index contributed by atoms with van der Waals surface area (Å²) in [7, 11) is 1.87. The van der Waals surface area contributed by atoms with Gasteiger partial charge in [0.1, 0.15) is 18.2 Å². The molecule has 5 nitrogen and oxygen atoms in total. The summed E-state index contributed by atoms with van der Waals surface area (Å²) in [5, 5.41) is 6.51. The summed E-state index contributed by atoms with van der Waals surface area (Å²) in [6.45, 7) is 4.10. The Morgan fingerprint density at radius 2 is 1.95 bits per heavy atom. The van der Waals surface area contributed by atoms with E-state index in [1.54, 1.807) is 0 Å². The summed E-state index contributed by atoms with van der Waals surface area (Å²) < 4.78 is 5.39. The summed E-state index contributed by atoms with van der Waals surface area (Å²) in [5.41, 5.74) is 0. The summed E-state index contributed by atoms with van der Waals surface area (Å²) in [5.74, 6) is 3.34. The average molecular weight is 292 g/mol. The molecule has 0 aliphatic heterocycles. The lowest BCUT2D eigenvalue weighted by molar-refractivity contribution is 0.128. The Morgan fingerprint density at radius 3 is 2.67 bits per heavy atom. The van der Waals surface area contributed by atoms with Crippen molar-refractivity contribution >= 4 is 11.6 Å². The fraction of sp³-hybridized carbons (Fsp3) is 0.750. The zero-order valence-electron chi connectivity index (χ0n) is 13.3. The topological polar surface area (TPSA) is 59.1 Å². The highest BCUT2D eigenvalue weighted by atomic mass is 16.5. The lowest BCUT2D eigenvalue weighted by Crippen LogP contribution is -2.13. The molecule has 118 valence electrons. The van der Waals surface area contributed by atoms with E-state index in [1.165, 1.54) is 38.5 Å². The second-order valence-corrected chi connectivity index (χ2v) is 5.66. The number of hydrogen-bond donors (Lipinski definition) is 2. The van der Waals surface area contributed by atoms with Crippen LogP contribution in [-0.4, -0.2) is 30.2 Å². The van der Waals surface area contributed by atoms with Crippen molar-refractivity contribution in [3.8, 4) is 0 Å². The number of rotatable bonds is 8. The van der Waals surface area contributed by atoms with Gasteiger partial charge in [0, 0.05) is 26.3 Å². The zero-order valence-corrected chi connectivity index (χ0v) is 13.3. The summed E-state index contributed by atoms with van der Waals surface area (Å²) >= 11 is 0. The van der Waals surface area contributed by atoms with Crippen LogP contribution in [0.15, 0.2) is 6.07 Å². The monoisotopic (exact) mass is 292 g/mol. The number of nitrogens with one attached hydrogen (secondary N) is 2. The molecule has 1 aliphatic rings. The lowest BCUT2D eigenvalue weighted by atomic mass is 9.87. The van der Waals surface area contributed by atoms with Gasteiger partial charge in [-0.15, -0.1) is 0 Å². The molecule has 0 unspecified atom stereocenters.